The van der Waals surface area contributed by atoms with Crippen molar-refractivity contribution in [2.45, 2.75) is 83.2 Å². The average molecular weight is 384 g/mol. The second kappa shape index (κ2) is 7.93. The molecule has 4 heteroatoms. The van der Waals surface area contributed by atoms with Gasteiger partial charge in [-0.1, -0.05) is 6.42 Å². The second-order valence-electron chi connectivity index (χ2n) is 10.5. The molecule has 6 aliphatic rings. The normalized spacial score (nSPS) is 39.6. The molecule has 0 aromatic rings. The minimum Gasteiger partial charge on any atom is -0.370 e. The van der Waals surface area contributed by atoms with E-state index >= 15 is 0 Å². The number of ketones is 1. The smallest absolute Gasteiger partial charge is 0.144 e. The Balaban J connectivity index is 1.15. The molecule has 5 fully saturated rings. The van der Waals surface area contributed by atoms with Crippen LogP contribution in [0.25, 0.3) is 0 Å². The number of nitrogens with zero attached hydrogens (tertiary/aromatic N) is 2. The summed E-state index contributed by atoms with van der Waals surface area (Å²) in [4.78, 5) is 20.9. The van der Waals surface area contributed by atoms with Crippen LogP contribution in [0.2, 0.25) is 0 Å². The van der Waals surface area contributed by atoms with Crippen LogP contribution < -0.4 is 5.32 Å². The van der Waals surface area contributed by atoms with Crippen molar-refractivity contribution >= 4 is 11.5 Å². The first-order valence-corrected chi connectivity index (χ1v) is 11.9. The Morgan fingerprint density at radius 2 is 1.75 bits per heavy atom. The van der Waals surface area contributed by atoms with E-state index in [1.807, 2.05) is 12.3 Å². The number of hydrogen-bond donors (Lipinski definition) is 1. The molecular formula is C24H37N3O. The van der Waals surface area contributed by atoms with Crippen molar-refractivity contribution in [1.29, 1.82) is 0 Å². The number of piperidine rings is 1. The van der Waals surface area contributed by atoms with Gasteiger partial charge in [0.2, 0.25) is 0 Å². The van der Waals surface area contributed by atoms with Crippen molar-refractivity contribution in [3.63, 3.8) is 0 Å². The van der Waals surface area contributed by atoms with E-state index in [0.29, 0.717) is 12.2 Å². The van der Waals surface area contributed by atoms with Crippen LogP contribution in [0.5, 0.6) is 0 Å². The fraction of sp³-hybridized carbons (Fsp3) is 0.833. The van der Waals surface area contributed by atoms with Gasteiger partial charge in [-0.25, -0.2) is 0 Å². The van der Waals surface area contributed by atoms with E-state index in [-0.39, 0.29) is 11.6 Å². The predicted octanol–water partition coefficient (Wildman–Crippen LogP) is 4.31. The Labute approximate surface area is 170 Å². The number of carbonyl (C=O) groups is 1. The Morgan fingerprint density at radius 3 is 2.43 bits per heavy atom. The van der Waals surface area contributed by atoms with Gasteiger partial charge in [-0.15, -0.1) is 0 Å². The maximum absolute atomic E-state index is 13.4. The maximum Gasteiger partial charge on any atom is 0.144 e. The molecule has 28 heavy (non-hydrogen) atoms. The fourth-order valence-electron chi connectivity index (χ4n) is 7.28. The molecule has 0 spiro atoms. The highest BCUT2D eigenvalue weighted by atomic mass is 16.1. The summed E-state index contributed by atoms with van der Waals surface area (Å²) in [6.07, 6.45) is 18.9. The Bertz CT molecular complexity index is 611. The maximum atomic E-state index is 13.4. The number of rotatable bonds is 7. The van der Waals surface area contributed by atoms with E-state index in [2.05, 4.69) is 10.2 Å². The molecule has 0 radical (unpaired) electrons. The molecule has 1 saturated heterocycles. The minimum atomic E-state index is 0.0136. The molecule has 1 unspecified atom stereocenters. The highest BCUT2D eigenvalue weighted by Crippen LogP contribution is 2.60. The summed E-state index contributed by atoms with van der Waals surface area (Å²) in [5.74, 6) is 3.01. The van der Waals surface area contributed by atoms with Gasteiger partial charge in [0.25, 0.3) is 0 Å². The van der Waals surface area contributed by atoms with Crippen LogP contribution in [-0.4, -0.2) is 42.2 Å². The highest BCUT2D eigenvalue weighted by molar-refractivity contribution is 6.09. The quantitative estimate of drug-likeness (QED) is 0.712. The van der Waals surface area contributed by atoms with Crippen LogP contribution in [0.15, 0.2) is 17.3 Å². The van der Waals surface area contributed by atoms with Crippen molar-refractivity contribution in [3.05, 3.63) is 12.3 Å². The van der Waals surface area contributed by atoms with Gasteiger partial charge >= 0.3 is 0 Å². The van der Waals surface area contributed by atoms with E-state index < -0.39 is 0 Å². The van der Waals surface area contributed by atoms with Gasteiger partial charge in [-0.3, -0.25) is 9.79 Å². The van der Waals surface area contributed by atoms with Gasteiger partial charge in [0.05, 0.1) is 0 Å². The number of carbonyl (C=O) groups excluding carboxylic acids is 1. The summed E-state index contributed by atoms with van der Waals surface area (Å²) in [6, 6.07) is 0. The summed E-state index contributed by atoms with van der Waals surface area (Å²) in [5, 5.41) is 3.40. The average Bonchev–Trinajstić information content (AvgIpc) is 2.68. The van der Waals surface area contributed by atoms with E-state index in [1.54, 1.807) is 0 Å². The van der Waals surface area contributed by atoms with Gasteiger partial charge < -0.3 is 10.2 Å². The monoisotopic (exact) mass is 383 g/mol. The zero-order valence-corrected chi connectivity index (χ0v) is 17.4. The van der Waals surface area contributed by atoms with E-state index in [0.717, 1.165) is 29.9 Å². The van der Waals surface area contributed by atoms with E-state index in [1.165, 1.54) is 83.8 Å². The van der Waals surface area contributed by atoms with Crippen LogP contribution in [0.4, 0.5) is 0 Å². The number of nitrogens with one attached hydrogen (secondary N) is 1. The van der Waals surface area contributed by atoms with Crippen LogP contribution >= 0.6 is 0 Å². The largest absolute Gasteiger partial charge is 0.370 e. The lowest BCUT2D eigenvalue weighted by atomic mass is 9.48. The van der Waals surface area contributed by atoms with E-state index in [9.17, 15) is 4.79 Å². The van der Waals surface area contributed by atoms with Crippen LogP contribution in [0, 0.1) is 23.2 Å². The summed E-state index contributed by atoms with van der Waals surface area (Å²) in [6.45, 7) is 3.73. The van der Waals surface area contributed by atoms with Gasteiger partial charge in [0, 0.05) is 17.5 Å². The molecule has 0 aromatic carbocycles. The third-order valence-electron chi connectivity index (χ3n) is 8.26. The summed E-state index contributed by atoms with van der Waals surface area (Å²) >= 11 is 0. The van der Waals surface area contributed by atoms with Crippen LogP contribution in [-0.2, 0) is 4.79 Å². The minimum absolute atomic E-state index is 0.0136. The van der Waals surface area contributed by atoms with Crippen LogP contribution in [0.1, 0.15) is 77.0 Å². The lowest BCUT2D eigenvalue weighted by molar-refractivity contribution is -0.142. The molecule has 6 rings (SSSR count). The van der Waals surface area contributed by atoms with Crippen molar-refractivity contribution in [2.75, 3.05) is 19.6 Å². The Hall–Kier alpha value is -1.16. The fourth-order valence-corrected chi connectivity index (χ4v) is 7.28. The Morgan fingerprint density at radius 1 is 1.07 bits per heavy atom. The summed E-state index contributed by atoms with van der Waals surface area (Å²) < 4.78 is 0. The Kier molecular flexibility index (Phi) is 5.34. The van der Waals surface area contributed by atoms with Crippen molar-refractivity contribution < 1.29 is 4.79 Å². The third kappa shape index (κ3) is 3.94. The number of hydrogen-bond acceptors (Lipinski definition) is 4. The molecule has 2 heterocycles. The zero-order chi connectivity index (χ0) is 19.0. The molecule has 4 saturated carbocycles. The van der Waals surface area contributed by atoms with Crippen LogP contribution in [0.3, 0.4) is 0 Å². The third-order valence-corrected chi connectivity index (χ3v) is 8.26. The van der Waals surface area contributed by atoms with Gasteiger partial charge in [0.1, 0.15) is 11.9 Å². The molecule has 0 aromatic heterocycles. The predicted molar refractivity (Wildman–Crippen MR) is 113 cm³/mol. The SMILES string of the molecule is O=C(CC1=NC(CCCN2CCCCC2)NC=C1)C12CC3CC(CC(C3)C1)C2. The van der Waals surface area contributed by atoms with Crippen molar-refractivity contribution in [3.8, 4) is 0 Å². The number of allylic oxidation sites excluding steroid dienone is 1. The summed E-state index contributed by atoms with van der Waals surface area (Å²) in [7, 11) is 0. The lowest BCUT2D eigenvalue weighted by Crippen LogP contribution is -2.50. The molecule has 1 atom stereocenters. The molecule has 4 aliphatic carbocycles. The molecule has 1 N–H and O–H groups in total. The molecule has 2 aliphatic heterocycles. The molecule has 4 bridgehead atoms. The first kappa shape index (κ1) is 18.8. The van der Waals surface area contributed by atoms with Gasteiger partial charge in [-0.05, 0) is 114 Å². The van der Waals surface area contributed by atoms with E-state index in [4.69, 9.17) is 4.99 Å². The standard InChI is InChI=1S/C24H37N3O/c28-22(24-15-18-11-19(16-24)13-20(12-18)17-24)14-21-6-7-25-23(26-21)5-4-10-27-8-2-1-3-9-27/h6-7,18-20,23,25H,1-5,8-17H2. The topological polar surface area (TPSA) is 44.7 Å². The molecular weight excluding hydrogens is 346 g/mol. The molecule has 154 valence electrons. The molecule has 4 nitrogen and oxygen atoms in total. The van der Waals surface area contributed by atoms with Crippen molar-refractivity contribution in [2.24, 2.45) is 28.2 Å². The lowest BCUT2D eigenvalue weighted by Gasteiger charge is -2.56. The van der Waals surface area contributed by atoms with Gasteiger partial charge in [0.15, 0.2) is 0 Å². The second-order valence-corrected chi connectivity index (χ2v) is 10.5. The van der Waals surface area contributed by atoms with Crippen molar-refractivity contribution in [1.82, 2.24) is 10.2 Å². The number of Topliss-reactive ketones (excluding diaryl/α,β-unsaturated/α-hetero) is 1. The number of likely N-dealkylation sites (tertiary alicyclic amines) is 1. The summed E-state index contributed by atoms with van der Waals surface area (Å²) in [5.41, 5.74) is 1.03. The zero-order valence-electron chi connectivity index (χ0n) is 17.4. The first-order valence-electron chi connectivity index (χ1n) is 11.9. The highest BCUT2D eigenvalue weighted by Gasteiger charge is 2.54. The number of aliphatic imine (C=N–C) groups is 1. The molecule has 0 amide bonds. The first-order chi connectivity index (χ1) is 13.7. The van der Waals surface area contributed by atoms with Gasteiger partial charge in [-0.2, -0.15) is 0 Å².